The van der Waals surface area contributed by atoms with E-state index in [0.29, 0.717) is 0 Å². The van der Waals surface area contributed by atoms with Gasteiger partial charge in [0, 0.05) is 28.9 Å². The van der Waals surface area contributed by atoms with Crippen molar-refractivity contribution in [1.29, 1.82) is 5.26 Å². The van der Waals surface area contributed by atoms with Crippen LogP contribution in [0, 0.1) is 11.3 Å². The van der Waals surface area contributed by atoms with Crippen LogP contribution in [-0.2, 0) is 7.05 Å². The Labute approximate surface area is 103 Å². The molecule has 0 aliphatic carbocycles. The second kappa shape index (κ2) is 3.11. The van der Waals surface area contributed by atoms with Crippen molar-refractivity contribution in [3.8, 4) is 6.07 Å². The summed E-state index contributed by atoms with van der Waals surface area (Å²) in [5.74, 6) is 0. The van der Waals surface area contributed by atoms with Gasteiger partial charge in [-0.2, -0.15) is 5.26 Å². The number of para-hydroxylation sites is 1. The van der Waals surface area contributed by atoms with Crippen LogP contribution in [0.2, 0.25) is 0 Å². The van der Waals surface area contributed by atoms with Gasteiger partial charge in [0.15, 0.2) is 0 Å². The molecule has 76 valence electrons. The Balaban J connectivity index is 2.82. The van der Waals surface area contributed by atoms with E-state index in [1.807, 2.05) is 0 Å². The molecular weight excluding hydrogens is 196 g/mol. The molecule has 0 spiro atoms. The molecule has 2 nitrogen and oxygen atoms in total. The Kier molecular flexibility index (Phi) is 0.837. The lowest BCUT2D eigenvalue weighted by atomic mass is 10.1. The van der Waals surface area contributed by atoms with Crippen LogP contribution in [0.1, 0.15) is 15.2 Å². The first-order valence-corrected chi connectivity index (χ1v) is 4.62. The number of fused-ring (bicyclic) bond motifs is 3. The average Bonchev–Trinajstić information content (AvgIpc) is 2.83. The smallest absolute Gasteiger partial charge is 0.0991 e. The molecule has 0 atom stereocenters. The van der Waals surface area contributed by atoms with Gasteiger partial charge in [0.05, 0.1) is 21.2 Å². The fourth-order valence-electron chi connectivity index (χ4n) is 1.74. The van der Waals surface area contributed by atoms with Crippen molar-refractivity contribution in [2.45, 2.75) is 0 Å². The van der Waals surface area contributed by atoms with Crippen molar-refractivity contribution in [1.82, 2.24) is 4.57 Å². The second-order valence-corrected chi connectivity index (χ2v) is 3.37. The summed E-state index contributed by atoms with van der Waals surface area (Å²) >= 11 is 0. The highest BCUT2D eigenvalue weighted by molar-refractivity contribution is 6.08. The first-order valence-electron chi connectivity index (χ1n) is 8.12. The number of nitriles is 1. The fraction of sp³-hybridized carbons (Fsp3) is 0.0714. The number of benzene rings is 2. The Morgan fingerprint density at radius 3 is 2.69 bits per heavy atom. The van der Waals surface area contributed by atoms with Gasteiger partial charge in [0.2, 0.25) is 0 Å². The molecule has 0 aliphatic rings. The van der Waals surface area contributed by atoms with E-state index in [2.05, 4.69) is 0 Å². The standard InChI is InChI=1S/C14H10N2/c1-16-13-5-3-2-4-11(13)12-8-10(9-15)6-7-14(12)16/h2-8H,1H3/i2D,3D,4D,5D,6D,7D,8D. The fourth-order valence-corrected chi connectivity index (χ4v) is 1.74. The van der Waals surface area contributed by atoms with E-state index in [0.717, 1.165) is 0 Å². The molecule has 0 bridgehead atoms. The first kappa shape index (κ1) is 4.31. The topological polar surface area (TPSA) is 28.7 Å². The summed E-state index contributed by atoms with van der Waals surface area (Å²) in [6.07, 6.45) is 0. The molecule has 0 saturated heterocycles. The van der Waals surface area contributed by atoms with Crippen molar-refractivity contribution in [3.63, 3.8) is 0 Å². The highest BCUT2D eigenvalue weighted by Crippen LogP contribution is 2.28. The van der Waals surface area contributed by atoms with Gasteiger partial charge >= 0.3 is 0 Å². The molecule has 2 heteroatoms. The predicted octanol–water partition coefficient (Wildman–Crippen LogP) is 3.20. The molecule has 0 saturated carbocycles. The van der Waals surface area contributed by atoms with Gasteiger partial charge in [0.25, 0.3) is 0 Å². The van der Waals surface area contributed by atoms with Gasteiger partial charge in [0.1, 0.15) is 0 Å². The molecule has 0 aliphatic heterocycles. The highest BCUT2D eigenvalue weighted by Gasteiger charge is 2.07. The van der Waals surface area contributed by atoms with Crippen molar-refractivity contribution in [2.24, 2.45) is 7.05 Å². The minimum Gasteiger partial charge on any atom is -0.344 e. The zero-order valence-corrected chi connectivity index (χ0v) is 8.39. The molecule has 3 aromatic rings. The molecule has 1 heterocycles. The van der Waals surface area contributed by atoms with Gasteiger partial charge < -0.3 is 4.57 Å². The summed E-state index contributed by atoms with van der Waals surface area (Å²) in [5.41, 5.74) is 0.0332. The Morgan fingerprint density at radius 2 is 1.88 bits per heavy atom. The zero-order valence-electron chi connectivity index (χ0n) is 15.4. The van der Waals surface area contributed by atoms with Crippen molar-refractivity contribution >= 4 is 21.8 Å². The normalized spacial score (nSPS) is 16.9. The van der Waals surface area contributed by atoms with E-state index in [1.54, 1.807) is 6.07 Å². The van der Waals surface area contributed by atoms with Gasteiger partial charge in [-0.1, -0.05) is 18.1 Å². The maximum Gasteiger partial charge on any atom is 0.0991 e. The van der Waals surface area contributed by atoms with E-state index in [1.165, 1.54) is 11.6 Å². The molecule has 0 unspecified atom stereocenters. The third kappa shape index (κ3) is 1.06. The third-order valence-electron chi connectivity index (χ3n) is 2.49. The van der Waals surface area contributed by atoms with Crippen LogP contribution in [0.5, 0.6) is 0 Å². The summed E-state index contributed by atoms with van der Waals surface area (Å²) in [5, 5.41) is 9.36. The van der Waals surface area contributed by atoms with Crippen LogP contribution in [0.4, 0.5) is 0 Å². The molecule has 0 N–H and O–H groups in total. The van der Waals surface area contributed by atoms with Crippen LogP contribution in [-0.4, -0.2) is 4.57 Å². The predicted molar refractivity (Wildman–Crippen MR) is 65.1 cm³/mol. The van der Waals surface area contributed by atoms with Crippen molar-refractivity contribution < 1.29 is 9.60 Å². The third-order valence-corrected chi connectivity index (χ3v) is 2.49. The van der Waals surface area contributed by atoms with Crippen molar-refractivity contribution in [3.05, 3.63) is 47.9 Å². The molecule has 0 radical (unpaired) electrons. The first-order chi connectivity index (χ1) is 10.7. The number of aromatic nitrogens is 1. The number of rotatable bonds is 0. The molecular formula is C14H10N2. The average molecular weight is 213 g/mol. The molecule has 1 aromatic heterocycles. The zero-order chi connectivity index (χ0) is 17.2. The van der Waals surface area contributed by atoms with Gasteiger partial charge in [-0.05, 0) is 24.2 Å². The largest absolute Gasteiger partial charge is 0.344 e. The van der Waals surface area contributed by atoms with Crippen molar-refractivity contribution in [2.75, 3.05) is 0 Å². The quantitative estimate of drug-likeness (QED) is 0.563. The van der Waals surface area contributed by atoms with E-state index < -0.39 is 12.1 Å². The summed E-state index contributed by atoms with van der Waals surface area (Å²) in [4.78, 5) is 0. The maximum atomic E-state index is 9.15. The second-order valence-electron chi connectivity index (χ2n) is 3.37. The molecule has 3 rings (SSSR count). The van der Waals surface area contributed by atoms with E-state index in [4.69, 9.17) is 14.9 Å². The van der Waals surface area contributed by atoms with E-state index in [-0.39, 0.29) is 57.6 Å². The Bertz CT molecular complexity index is 1060. The molecule has 2 aromatic carbocycles. The minimum atomic E-state index is -0.436. The summed E-state index contributed by atoms with van der Waals surface area (Å²) < 4.78 is 57.2. The van der Waals surface area contributed by atoms with Gasteiger partial charge in [-0.25, -0.2) is 0 Å². The lowest BCUT2D eigenvalue weighted by molar-refractivity contribution is 1.01. The van der Waals surface area contributed by atoms with Crippen LogP contribution in [0.15, 0.2) is 42.3 Å². The van der Waals surface area contributed by atoms with Gasteiger partial charge in [-0.3, -0.25) is 0 Å². The lowest BCUT2D eigenvalue weighted by Gasteiger charge is -1.96. The number of nitrogens with zero attached hydrogens (tertiary/aromatic N) is 2. The molecule has 0 fully saturated rings. The summed E-state index contributed by atoms with van der Waals surface area (Å²) in [6, 6.07) is -0.650. The van der Waals surface area contributed by atoms with E-state index in [9.17, 15) is 0 Å². The Morgan fingerprint density at radius 1 is 1.12 bits per heavy atom. The van der Waals surface area contributed by atoms with Gasteiger partial charge in [-0.15, -0.1) is 0 Å². The lowest BCUT2D eigenvalue weighted by Crippen LogP contribution is -1.85. The molecule has 16 heavy (non-hydrogen) atoms. The summed E-state index contributed by atoms with van der Waals surface area (Å²) in [6.45, 7) is 0. The number of hydrogen-bond donors (Lipinski definition) is 0. The van der Waals surface area contributed by atoms with Crippen LogP contribution >= 0.6 is 0 Å². The molecule has 0 amide bonds. The number of hydrogen-bond acceptors (Lipinski definition) is 1. The SMILES string of the molecule is [2H]c1c([2H])c([2H])c2c(c1[2H])c1c([2H])c(C#N)c([2H])c([2H])c1n2C. The highest BCUT2D eigenvalue weighted by atomic mass is 14.9. The minimum absolute atomic E-state index is 0.100. The van der Waals surface area contributed by atoms with Crippen LogP contribution in [0.3, 0.4) is 0 Å². The monoisotopic (exact) mass is 213 g/mol. The van der Waals surface area contributed by atoms with Crippen LogP contribution < -0.4 is 0 Å². The number of aryl methyl sites for hydroxylation is 1. The van der Waals surface area contributed by atoms with Crippen LogP contribution in [0.25, 0.3) is 21.8 Å². The summed E-state index contributed by atoms with van der Waals surface area (Å²) in [7, 11) is 1.52. The Hall–Kier alpha value is -2.27. The van der Waals surface area contributed by atoms with E-state index >= 15 is 0 Å². The maximum absolute atomic E-state index is 9.15.